The predicted molar refractivity (Wildman–Crippen MR) is 109 cm³/mol. The maximum absolute atomic E-state index is 13.1. The zero-order valence-corrected chi connectivity index (χ0v) is 16.5. The van der Waals surface area contributed by atoms with Gasteiger partial charge in [-0.1, -0.05) is 17.5 Å². The molecule has 2 unspecified atom stereocenters. The molecule has 1 fully saturated rings. The van der Waals surface area contributed by atoms with Gasteiger partial charge in [0.2, 0.25) is 5.88 Å². The van der Waals surface area contributed by atoms with Crippen LogP contribution in [0.3, 0.4) is 0 Å². The van der Waals surface area contributed by atoms with E-state index in [1.807, 2.05) is 11.0 Å². The molecule has 0 aliphatic carbocycles. The van der Waals surface area contributed by atoms with Crippen molar-refractivity contribution in [1.29, 1.82) is 5.26 Å². The van der Waals surface area contributed by atoms with Crippen LogP contribution in [-0.4, -0.2) is 37.3 Å². The van der Waals surface area contributed by atoms with Crippen LogP contribution in [-0.2, 0) is 0 Å². The van der Waals surface area contributed by atoms with Crippen molar-refractivity contribution in [2.45, 2.75) is 25.4 Å². The highest BCUT2D eigenvalue weighted by atomic mass is 35.5. The number of imidazole rings is 1. The van der Waals surface area contributed by atoms with E-state index in [0.29, 0.717) is 47.1 Å². The Morgan fingerprint density at radius 2 is 2.29 bits per heavy atom. The minimum atomic E-state index is -0.328. The van der Waals surface area contributed by atoms with Crippen molar-refractivity contribution in [2.75, 3.05) is 13.1 Å². The first-order chi connectivity index (χ1) is 13.4. The Bertz CT molecular complexity index is 1150. The molecule has 1 aromatic carbocycles. The van der Waals surface area contributed by atoms with Crippen molar-refractivity contribution < 1.29 is 5.11 Å². The molecule has 28 heavy (non-hydrogen) atoms. The third kappa shape index (κ3) is 2.42. The molecule has 2 aliphatic rings. The molecule has 0 amide bonds. The fraction of sp³-hybridized carbons (Fsp3) is 0.316. The minimum Gasteiger partial charge on any atom is -0.493 e. The zero-order valence-electron chi connectivity index (χ0n) is 14.9. The molecule has 142 valence electrons. The highest BCUT2D eigenvalue weighted by Gasteiger charge is 2.48. The van der Waals surface area contributed by atoms with Crippen LogP contribution in [0.15, 0.2) is 16.9 Å². The Hall–Kier alpha value is -2.94. The summed E-state index contributed by atoms with van der Waals surface area (Å²) in [4.78, 5) is 15.1. The van der Waals surface area contributed by atoms with Gasteiger partial charge in [0.05, 0.1) is 34.9 Å². The van der Waals surface area contributed by atoms with Gasteiger partial charge in [-0.25, -0.2) is 9.36 Å². The van der Waals surface area contributed by atoms with Crippen LogP contribution in [0.2, 0.25) is 5.02 Å². The van der Waals surface area contributed by atoms with Crippen LogP contribution in [0.5, 0.6) is 5.88 Å². The van der Waals surface area contributed by atoms with E-state index in [1.165, 1.54) is 4.57 Å². The molecule has 7 nitrogen and oxygen atoms in total. The lowest BCUT2D eigenvalue weighted by molar-refractivity contribution is 0.334. The summed E-state index contributed by atoms with van der Waals surface area (Å²) in [6.07, 6.45) is 5.97. The van der Waals surface area contributed by atoms with Crippen LogP contribution >= 0.6 is 23.8 Å². The number of hydrogen-bond donors (Lipinski definition) is 2. The molecule has 2 atom stereocenters. The number of nitrogens with one attached hydrogen (secondary N) is 1. The van der Waals surface area contributed by atoms with E-state index in [1.54, 1.807) is 23.6 Å². The fourth-order valence-electron chi connectivity index (χ4n) is 4.12. The lowest BCUT2D eigenvalue weighted by Crippen LogP contribution is -2.43. The molecular weight excluding hydrogens is 398 g/mol. The van der Waals surface area contributed by atoms with Gasteiger partial charge in [0.15, 0.2) is 5.11 Å². The summed E-state index contributed by atoms with van der Waals surface area (Å²) in [5.74, 6) is 2.35. The van der Waals surface area contributed by atoms with Gasteiger partial charge in [-0.3, -0.25) is 4.57 Å². The van der Waals surface area contributed by atoms with Crippen molar-refractivity contribution in [3.63, 3.8) is 0 Å². The third-order valence-corrected chi connectivity index (χ3v) is 6.25. The molecule has 2 aliphatic heterocycles. The molecule has 4 rings (SSSR count). The topological polar surface area (TPSA) is 86.2 Å². The average Bonchev–Trinajstić information content (AvgIpc) is 3.34. The van der Waals surface area contributed by atoms with Crippen molar-refractivity contribution in [3.8, 4) is 30.0 Å². The van der Waals surface area contributed by atoms with Crippen LogP contribution < -0.4 is 11.0 Å². The molecule has 1 saturated heterocycles. The molecule has 1 aromatic heterocycles. The van der Waals surface area contributed by atoms with Crippen LogP contribution in [0.4, 0.5) is 0 Å². The van der Waals surface area contributed by atoms with Gasteiger partial charge in [0.1, 0.15) is 11.8 Å². The fourth-order valence-corrected chi connectivity index (χ4v) is 4.60. The molecule has 2 N–H and O–H groups in total. The molecule has 0 spiro atoms. The normalized spacial score (nSPS) is 19.2. The van der Waals surface area contributed by atoms with Crippen molar-refractivity contribution in [2.24, 2.45) is 0 Å². The number of aromatic hydroxyl groups is 1. The minimum absolute atomic E-state index is 0.0839. The molecule has 3 heterocycles. The van der Waals surface area contributed by atoms with Gasteiger partial charge in [-0.05, 0) is 43.3 Å². The second-order valence-corrected chi connectivity index (χ2v) is 7.57. The van der Waals surface area contributed by atoms with E-state index < -0.39 is 0 Å². The molecular formula is C19H16ClN5O2S. The number of terminal acetylenes is 1. The predicted octanol–water partition coefficient (Wildman–Crippen LogP) is 1.99. The van der Waals surface area contributed by atoms with E-state index in [2.05, 4.69) is 11.2 Å². The number of fused-ring (bicyclic) bond motifs is 5. The second-order valence-electron chi connectivity index (χ2n) is 6.80. The summed E-state index contributed by atoms with van der Waals surface area (Å²) >= 11 is 11.7. The third-order valence-electron chi connectivity index (χ3n) is 5.38. The number of thiocarbonyl (C=S) groups is 1. The van der Waals surface area contributed by atoms with Gasteiger partial charge in [-0.15, -0.1) is 6.42 Å². The number of nitriles is 1. The number of aromatic nitrogens is 2. The number of benzene rings is 1. The average molecular weight is 414 g/mol. The summed E-state index contributed by atoms with van der Waals surface area (Å²) < 4.78 is 2.88. The largest absolute Gasteiger partial charge is 0.493 e. The van der Waals surface area contributed by atoms with E-state index in [-0.39, 0.29) is 28.7 Å². The molecule has 2 aromatic rings. The number of rotatable bonds is 2. The van der Waals surface area contributed by atoms with Gasteiger partial charge in [-0.2, -0.15) is 5.26 Å². The molecule has 2 bridgehead atoms. The summed E-state index contributed by atoms with van der Waals surface area (Å²) in [6, 6.07) is 4.89. The zero-order chi connectivity index (χ0) is 20.2. The lowest BCUT2D eigenvalue weighted by atomic mass is 10.1. The SMILES string of the molecule is C#CCNC(=S)N1CC2CC1c1c(O)n(-c3ccc(C#N)c(Cl)c3C)c(=O)n12. The lowest BCUT2D eigenvalue weighted by Gasteiger charge is -2.29. The quantitative estimate of drug-likeness (QED) is 0.578. The molecule has 0 radical (unpaired) electrons. The summed E-state index contributed by atoms with van der Waals surface area (Å²) in [7, 11) is 0. The Morgan fingerprint density at radius 3 is 2.96 bits per heavy atom. The molecule has 0 saturated carbocycles. The number of halogens is 1. The Morgan fingerprint density at radius 1 is 1.54 bits per heavy atom. The van der Waals surface area contributed by atoms with Crippen molar-refractivity contribution in [3.05, 3.63) is 44.5 Å². The van der Waals surface area contributed by atoms with E-state index in [4.69, 9.17) is 35.5 Å². The number of likely N-dealkylation sites (tertiary alicyclic amines) is 1. The van der Waals surface area contributed by atoms with Gasteiger partial charge >= 0.3 is 5.69 Å². The summed E-state index contributed by atoms with van der Waals surface area (Å²) in [5.41, 5.74) is 1.53. The highest BCUT2D eigenvalue weighted by molar-refractivity contribution is 7.80. The maximum Gasteiger partial charge on any atom is 0.336 e. The van der Waals surface area contributed by atoms with E-state index in [9.17, 15) is 9.90 Å². The summed E-state index contributed by atoms with van der Waals surface area (Å²) in [6.45, 7) is 2.60. The first-order valence-electron chi connectivity index (χ1n) is 8.64. The summed E-state index contributed by atoms with van der Waals surface area (Å²) in [5, 5.41) is 23.8. The van der Waals surface area contributed by atoms with E-state index >= 15 is 0 Å². The van der Waals surface area contributed by atoms with Crippen LogP contribution in [0.25, 0.3) is 5.69 Å². The van der Waals surface area contributed by atoms with E-state index in [0.717, 1.165) is 0 Å². The monoisotopic (exact) mass is 413 g/mol. The van der Waals surface area contributed by atoms with Crippen LogP contribution in [0.1, 0.15) is 35.3 Å². The second kappa shape index (κ2) is 6.59. The van der Waals surface area contributed by atoms with Crippen LogP contribution in [0, 0.1) is 30.6 Å². The standard InChI is InChI=1S/C19H16ClN5O2S/c1-3-6-22-18(28)23-9-12-7-14(23)16-17(26)25(19(27)24(12)16)13-5-4-11(8-21)15(20)10(13)2/h1,4-5,12,14,26H,6-7,9H2,2H3,(H,22,28). The Kier molecular flexibility index (Phi) is 4.34. The van der Waals surface area contributed by atoms with Gasteiger partial charge in [0.25, 0.3) is 0 Å². The first kappa shape index (κ1) is 18.4. The highest BCUT2D eigenvalue weighted by Crippen LogP contribution is 2.48. The smallest absolute Gasteiger partial charge is 0.336 e. The van der Waals surface area contributed by atoms with Crippen molar-refractivity contribution in [1.82, 2.24) is 19.4 Å². The number of nitrogens with zero attached hydrogens (tertiary/aromatic N) is 4. The Balaban J connectivity index is 1.80. The van der Waals surface area contributed by atoms with Gasteiger partial charge < -0.3 is 15.3 Å². The first-order valence-corrected chi connectivity index (χ1v) is 9.42. The van der Waals surface area contributed by atoms with Crippen molar-refractivity contribution >= 4 is 28.9 Å². The van der Waals surface area contributed by atoms with Gasteiger partial charge in [0, 0.05) is 6.54 Å². The molecule has 9 heteroatoms. The maximum atomic E-state index is 13.1. The Labute approximate surface area is 171 Å². The number of hydrogen-bond acceptors (Lipinski definition) is 4.